The van der Waals surface area contributed by atoms with Gasteiger partial charge >= 0.3 is 0 Å². The average molecular weight is 383 g/mol. The van der Waals surface area contributed by atoms with Crippen LogP contribution in [0.25, 0.3) is 0 Å². The van der Waals surface area contributed by atoms with Gasteiger partial charge in [0.1, 0.15) is 5.82 Å². The molecule has 0 radical (unpaired) electrons. The highest BCUT2D eigenvalue weighted by molar-refractivity contribution is 5.53. The van der Waals surface area contributed by atoms with Crippen molar-refractivity contribution in [1.82, 2.24) is 14.9 Å². The van der Waals surface area contributed by atoms with E-state index in [2.05, 4.69) is 4.90 Å². The molecule has 2 aromatic rings. The van der Waals surface area contributed by atoms with Crippen LogP contribution in [0, 0.1) is 0 Å². The molecule has 6 nitrogen and oxygen atoms in total. The van der Waals surface area contributed by atoms with E-state index < -0.39 is 0 Å². The smallest absolute Gasteiger partial charge is 0.203 e. The van der Waals surface area contributed by atoms with Crippen LogP contribution >= 0.6 is 0 Å². The van der Waals surface area contributed by atoms with Crippen molar-refractivity contribution < 1.29 is 14.6 Å². The standard InChI is InChI=1S/C22H29N3O3/c1-27-20-11-15(10-19(26)21(20)28-2)13-25-9-8-18-17(14-25)12-23-22(24-18)16-6-4-3-5-7-16/h10-12,16,26H,3-9,13-14H2,1-2H3. The van der Waals surface area contributed by atoms with Crippen molar-refractivity contribution in [3.8, 4) is 17.2 Å². The molecule has 0 atom stereocenters. The Kier molecular flexibility index (Phi) is 5.67. The number of fused-ring (bicyclic) bond motifs is 1. The lowest BCUT2D eigenvalue weighted by Crippen LogP contribution is -2.31. The molecular weight excluding hydrogens is 354 g/mol. The Morgan fingerprint density at radius 1 is 1.14 bits per heavy atom. The lowest BCUT2D eigenvalue weighted by molar-refractivity contribution is 0.241. The summed E-state index contributed by atoms with van der Waals surface area (Å²) in [6, 6.07) is 3.68. The highest BCUT2D eigenvalue weighted by Gasteiger charge is 2.23. The minimum Gasteiger partial charge on any atom is -0.504 e. The van der Waals surface area contributed by atoms with Gasteiger partial charge in [0, 0.05) is 49.4 Å². The molecule has 0 spiro atoms. The van der Waals surface area contributed by atoms with Gasteiger partial charge in [-0.2, -0.15) is 0 Å². The van der Waals surface area contributed by atoms with Gasteiger partial charge in [0.05, 0.1) is 14.2 Å². The third-order valence-corrected chi connectivity index (χ3v) is 5.93. The normalized spacial score (nSPS) is 17.9. The summed E-state index contributed by atoms with van der Waals surface area (Å²) in [5, 5.41) is 10.2. The maximum absolute atomic E-state index is 10.2. The molecule has 1 N–H and O–H groups in total. The first-order valence-corrected chi connectivity index (χ1v) is 10.2. The summed E-state index contributed by atoms with van der Waals surface area (Å²) in [5.74, 6) is 2.63. The van der Waals surface area contributed by atoms with Crippen molar-refractivity contribution in [1.29, 1.82) is 0 Å². The van der Waals surface area contributed by atoms with Crippen molar-refractivity contribution in [2.24, 2.45) is 0 Å². The van der Waals surface area contributed by atoms with E-state index in [0.717, 1.165) is 37.4 Å². The zero-order chi connectivity index (χ0) is 19.5. The van der Waals surface area contributed by atoms with Gasteiger partial charge in [-0.15, -0.1) is 0 Å². The molecule has 4 rings (SSSR count). The quantitative estimate of drug-likeness (QED) is 0.847. The van der Waals surface area contributed by atoms with E-state index >= 15 is 0 Å². The maximum Gasteiger partial charge on any atom is 0.203 e. The van der Waals surface area contributed by atoms with Gasteiger partial charge in [-0.05, 0) is 30.5 Å². The van der Waals surface area contributed by atoms with Crippen LogP contribution in [0.5, 0.6) is 17.2 Å². The number of benzene rings is 1. The van der Waals surface area contributed by atoms with Crippen LogP contribution < -0.4 is 9.47 Å². The maximum atomic E-state index is 10.2. The molecule has 6 heteroatoms. The molecule has 1 aliphatic heterocycles. The van der Waals surface area contributed by atoms with E-state index in [1.165, 1.54) is 50.5 Å². The van der Waals surface area contributed by atoms with Crippen LogP contribution in [0.2, 0.25) is 0 Å². The van der Waals surface area contributed by atoms with Crippen LogP contribution in [0.4, 0.5) is 0 Å². The molecule has 1 fully saturated rings. The van der Waals surface area contributed by atoms with Gasteiger partial charge in [0.25, 0.3) is 0 Å². The fourth-order valence-corrected chi connectivity index (χ4v) is 4.43. The Morgan fingerprint density at radius 3 is 2.71 bits per heavy atom. The first-order chi connectivity index (χ1) is 13.7. The van der Waals surface area contributed by atoms with E-state index in [1.54, 1.807) is 13.2 Å². The molecule has 0 unspecified atom stereocenters. The Balaban J connectivity index is 1.46. The first kappa shape index (κ1) is 19.0. The zero-order valence-electron chi connectivity index (χ0n) is 16.8. The number of methoxy groups -OCH3 is 2. The predicted molar refractivity (Wildman–Crippen MR) is 107 cm³/mol. The third kappa shape index (κ3) is 3.92. The molecule has 28 heavy (non-hydrogen) atoms. The van der Waals surface area contributed by atoms with Gasteiger partial charge in [-0.3, -0.25) is 4.90 Å². The minimum absolute atomic E-state index is 0.106. The van der Waals surface area contributed by atoms with Crippen LogP contribution in [-0.4, -0.2) is 40.7 Å². The van der Waals surface area contributed by atoms with Crippen LogP contribution in [-0.2, 0) is 19.5 Å². The molecule has 0 bridgehead atoms. The van der Waals surface area contributed by atoms with Gasteiger partial charge in [0.15, 0.2) is 11.5 Å². The zero-order valence-corrected chi connectivity index (χ0v) is 16.8. The van der Waals surface area contributed by atoms with Crippen molar-refractivity contribution in [3.63, 3.8) is 0 Å². The molecule has 0 amide bonds. The van der Waals surface area contributed by atoms with Gasteiger partial charge in [-0.25, -0.2) is 9.97 Å². The molecule has 1 saturated carbocycles. The van der Waals surface area contributed by atoms with E-state index in [4.69, 9.17) is 19.4 Å². The van der Waals surface area contributed by atoms with Crippen molar-refractivity contribution >= 4 is 0 Å². The lowest BCUT2D eigenvalue weighted by atomic mass is 9.88. The number of aromatic hydroxyl groups is 1. The van der Waals surface area contributed by atoms with E-state index in [-0.39, 0.29) is 5.75 Å². The van der Waals surface area contributed by atoms with Crippen LogP contribution in [0.3, 0.4) is 0 Å². The summed E-state index contributed by atoms with van der Waals surface area (Å²) in [4.78, 5) is 12.0. The molecule has 1 aliphatic carbocycles. The van der Waals surface area contributed by atoms with E-state index in [1.807, 2.05) is 12.3 Å². The number of hydrogen-bond donors (Lipinski definition) is 1. The van der Waals surface area contributed by atoms with E-state index in [0.29, 0.717) is 17.4 Å². The third-order valence-electron chi connectivity index (χ3n) is 5.93. The fraction of sp³-hybridized carbons (Fsp3) is 0.545. The Labute approximate surface area is 166 Å². The van der Waals surface area contributed by atoms with Crippen molar-refractivity contribution in [2.75, 3.05) is 20.8 Å². The van der Waals surface area contributed by atoms with Gasteiger partial charge in [0.2, 0.25) is 5.75 Å². The number of rotatable bonds is 5. The molecule has 1 aromatic heterocycles. The van der Waals surface area contributed by atoms with E-state index in [9.17, 15) is 5.11 Å². The summed E-state index contributed by atoms with van der Waals surface area (Å²) in [7, 11) is 3.11. The molecule has 150 valence electrons. The second kappa shape index (κ2) is 8.35. The topological polar surface area (TPSA) is 67.7 Å². The second-order valence-electron chi connectivity index (χ2n) is 7.85. The first-order valence-electron chi connectivity index (χ1n) is 10.2. The average Bonchev–Trinajstić information content (AvgIpc) is 2.73. The Hall–Kier alpha value is -2.34. The predicted octanol–water partition coefficient (Wildman–Crippen LogP) is 3.81. The fourth-order valence-electron chi connectivity index (χ4n) is 4.43. The number of aromatic nitrogens is 2. The minimum atomic E-state index is 0.106. The summed E-state index contributed by atoms with van der Waals surface area (Å²) < 4.78 is 10.6. The number of nitrogens with zero attached hydrogens (tertiary/aromatic N) is 3. The van der Waals surface area contributed by atoms with Crippen molar-refractivity contribution in [3.05, 3.63) is 41.0 Å². The van der Waals surface area contributed by atoms with Crippen LogP contribution in [0.1, 0.15) is 60.7 Å². The van der Waals surface area contributed by atoms with Crippen molar-refractivity contribution in [2.45, 2.75) is 57.5 Å². The highest BCUT2D eigenvalue weighted by atomic mass is 16.5. The summed E-state index contributed by atoms with van der Waals surface area (Å²) >= 11 is 0. The monoisotopic (exact) mass is 383 g/mol. The number of phenols is 1. The Morgan fingerprint density at radius 2 is 1.96 bits per heavy atom. The lowest BCUT2D eigenvalue weighted by Gasteiger charge is -2.29. The second-order valence-corrected chi connectivity index (χ2v) is 7.85. The summed E-state index contributed by atoms with van der Waals surface area (Å²) in [5.41, 5.74) is 3.43. The van der Waals surface area contributed by atoms with Gasteiger partial charge < -0.3 is 14.6 Å². The summed E-state index contributed by atoms with van der Waals surface area (Å²) in [6.07, 6.45) is 9.39. The number of phenolic OH excluding ortho intramolecular Hbond substituents is 1. The van der Waals surface area contributed by atoms with Gasteiger partial charge in [-0.1, -0.05) is 19.3 Å². The molecular formula is C22H29N3O3. The molecule has 0 saturated heterocycles. The number of hydrogen-bond acceptors (Lipinski definition) is 6. The van der Waals surface area contributed by atoms with Crippen LogP contribution in [0.15, 0.2) is 18.3 Å². The summed E-state index contributed by atoms with van der Waals surface area (Å²) in [6.45, 7) is 2.51. The number of ether oxygens (including phenoxy) is 2. The largest absolute Gasteiger partial charge is 0.504 e. The molecule has 1 aromatic carbocycles. The molecule has 2 aliphatic rings. The molecule has 2 heterocycles. The Bertz CT molecular complexity index is 834. The SMILES string of the molecule is COc1cc(CN2CCc3nc(C4CCCCC4)ncc3C2)cc(O)c1OC. The highest BCUT2D eigenvalue weighted by Crippen LogP contribution is 2.38.